The molecule has 3 aromatic heterocycles. The Hall–Kier alpha value is -10.5. The number of aromatic nitrogens is 3. The minimum Gasteiger partial charge on any atom is -0.381 e. The van der Waals surface area contributed by atoms with Crippen LogP contribution >= 0.6 is 7.37 Å². The van der Waals surface area contributed by atoms with Crippen molar-refractivity contribution in [2.24, 2.45) is 15.0 Å². The van der Waals surface area contributed by atoms with Crippen LogP contribution in [0.3, 0.4) is 0 Å². The lowest BCUT2D eigenvalue weighted by Gasteiger charge is -2.38. The molecule has 1 amide bonds. The molecule has 118 heavy (non-hydrogen) atoms. The highest BCUT2D eigenvalue weighted by atomic mass is 32.2. The van der Waals surface area contributed by atoms with Crippen LogP contribution in [0.25, 0.3) is 83.2 Å². The molecule has 0 bridgehead atoms. The Morgan fingerprint density at radius 1 is 0.475 bits per heavy atom. The summed E-state index contributed by atoms with van der Waals surface area (Å²) in [4.78, 5) is 40.9. The number of likely N-dealkylation sites (tertiary alicyclic amines) is 1. The van der Waals surface area contributed by atoms with Crippen molar-refractivity contribution in [3.8, 4) is 50.4 Å². The lowest BCUT2D eigenvalue weighted by atomic mass is 9.89. The number of aliphatic imine (C=N–C) groups is 3. The van der Waals surface area contributed by atoms with Gasteiger partial charge in [0.05, 0.1) is 53.8 Å². The Kier molecular flexibility index (Phi) is 22.6. The Bertz CT molecular complexity index is 6260. The summed E-state index contributed by atoms with van der Waals surface area (Å²) in [5, 5.41) is 3.56. The van der Waals surface area contributed by atoms with Gasteiger partial charge in [0, 0.05) is 198 Å². The molecule has 0 saturated carbocycles. The van der Waals surface area contributed by atoms with Gasteiger partial charge in [-0.25, -0.2) is 30.0 Å². The minimum atomic E-state index is -3.16. The van der Waals surface area contributed by atoms with E-state index in [1.54, 1.807) is 11.6 Å². The third kappa shape index (κ3) is 16.2. The van der Waals surface area contributed by atoms with Crippen molar-refractivity contribution >= 4 is 95.4 Å². The predicted molar refractivity (Wildman–Crippen MR) is 461 cm³/mol. The molecule has 12 aromatic rings. The highest BCUT2D eigenvalue weighted by Gasteiger charge is 2.39. The zero-order chi connectivity index (χ0) is 81.7. The molecule has 0 N–H and O–H groups in total. The van der Waals surface area contributed by atoms with Crippen LogP contribution in [-0.2, 0) is 62.6 Å². The van der Waals surface area contributed by atoms with E-state index in [4.69, 9.17) is 18.7 Å². The number of rotatable bonds is 19. The van der Waals surface area contributed by atoms with Crippen molar-refractivity contribution in [1.82, 2.24) is 18.6 Å². The molecule has 9 aromatic carbocycles. The molecule has 0 spiro atoms. The van der Waals surface area contributed by atoms with Crippen LogP contribution in [0.2, 0.25) is 0 Å². The smallest absolute Gasteiger partial charge is 0.253 e. The van der Waals surface area contributed by atoms with Gasteiger partial charge in [0.1, 0.15) is 27.3 Å². The summed E-state index contributed by atoms with van der Waals surface area (Å²) in [6.45, 7) is 10.5. The quantitative estimate of drug-likeness (QED) is 0.0549. The third-order valence-corrected chi connectivity index (χ3v) is 28.5. The van der Waals surface area contributed by atoms with Crippen molar-refractivity contribution < 1.29 is 62.9 Å². The molecule has 0 radical (unpaired) electrons. The summed E-state index contributed by atoms with van der Waals surface area (Å²) >= 11 is 0. The number of hydrogen-bond acceptors (Lipinski definition) is 14. The van der Waals surface area contributed by atoms with Gasteiger partial charge in [-0.3, -0.25) is 29.1 Å². The molecule has 19 rings (SSSR count). The van der Waals surface area contributed by atoms with Crippen molar-refractivity contribution in [3.63, 3.8) is 0 Å². The van der Waals surface area contributed by atoms with E-state index >= 15 is 0 Å². The second-order valence-electron chi connectivity index (χ2n) is 31.8. The van der Waals surface area contributed by atoms with Crippen LogP contribution in [0.5, 0.6) is 0 Å². The largest absolute Gasteiger partial charge is 0.381 e. The third-order valence-electron chi connectivity index (χ3n) is 23.9. The molecule has 4 saturated heterocycles. The van der Waals surface area contributed by atoms with Crippen LogP contribution < -0.4 is 5.30 Å². The normalized spacial score (nSPS) is 16.8. The first-order valence-electron chi connectivity index (χ1n) is 40.4. The van der Waals surface area contributed by atoms with E-state index in [0.29, 0.717) is 88.7 Å². The maximum Gasteiger partial charge on any atom is 0.253 e. The fraction of sp³-hybridized carbons (Fsp3) is 0.309. The van der Waals surface area contributed by atoms with Gasteiger partial charge in [0.15, 0.2) is 15.6 Å². The Morgan fingerprint density at radius 3 is 1.14 bits per heavy atom. The second kappa shape index (κ2) is 33.4. The molecular formula is C94H91F3N7O11PS2. The Balaban J connectivity index is 0.000000127. The van der Waals surface area contributed by atoms with Gasteiger partial charge in [-0.05, 0) is 235 Å². The monoisotopic (exact) mass is 1650 g/mol. The lowest BCUT2D eigenvalue weighted by Crippen LogP contribution is -2.56. The topological polar surface area (TPSA) is 212 Å². The van der Waals surface area contributed by atoms with Crippen molar-refractivity contribution in [2.45, 2.75) is 101 Å². The number of fused-ring (bicyclic) bond motifs is 6. The van der Waals surface area contributed by atoms with E-state index < -0.39 is 32.3 Å². The number of carbonyl (C=O) groups excluding carboxylic acids is 2. The standard InChI is InChI=1S/C32H30FN3O4S.C32H31FN2O4S.C30H30FN2O3P/c1-41(38,39)27-18-35(19-27)32(37)22-4-2-20(3-5-22)30-28-14-23-16-34-17-24(23)15-29(28)36(26-8-6-25(33)7-9-26)31(30)21-10-12-40-13-11-21;1-40(37,38)16-2-3-30(36)21-4-6-22(7-5-21)31-28-17-24-19-34-20-25(24)18-29(28)35(27-10-8-26(33)9-11-27)32(31)23-12-14-39-15-13-23;1-3-36-37(2,34)26-10-4-20(5-11-26)29-27-16-22-18-32-19-23(22)17-28(27)33(25-8-6-24(31)7-9-25)30(29)21-12-14-35-15-13-21/h2-9,14-15,17,21,27H,10-13,16,18-19H2,1H3;4-11,17-18,20,23H,2-3,12-16,19H2,1H3;4-11,16-17,19,21H,3,12-15,18H2,1-2H3. The highest BCUT2D eigenvalue weighted by Crippen LogP contribution is 2.50. The van der Waals surface area contributed by atoms with Crippen LogP contribution in [0.1, 0.15) is 147 Å². The SMILES string of the molecule is CCOP(C)(=O)c1ccc(-c2c(C3CCOCC3)n(-c3ccc(F)cc3)c3cc4c(cc23)CN=C4)cc1.CS(=O)(=O)C1CN(C(=O)c2ccc(-c3c(C4CCOCC4)n(-c4ccc(F)cc4)c4cc5c(cc34)CN=C5)cc2)C1.CS(=O)(=O)CCCC(=O)c1ccc(-c2c(C3CCOCC3)n(-c3ccc(F)cc3)c3cc4c(cc23)CN=C4)cc1. The van der Waals surface area contributed by atoms with Crippen LogP contribution in [-0.4, -0.2) is 155 Å². The Morgan fingerprint density at radius 2 is 0.814 bits per heavy atom. The molecule has 1 atom stereocenters. The number of carbonyl (C=O) groups is 2. The fourth-order valence-electron chi connectivity index (χ4n) is 17.8. The van der Waals surface area contributed by atoms with E-state index in [2.05, 4.69) is 77.2 Å². The summed E-state index contributed by atoms with van der Waals surface area (Å²) < 4.78 is 131. The molecular weight excluding hydrogens is 1560 g/mol. The predicted octanol–water partition coefficient (Wildman–Crippen LogP) is 18.2. The summed E-state index contributed by atoms with van der Waals surface area (Å²) in [6.07, 6.45) is 14.0. The molecule has 4 fully saturated rings. The van der Waals surface area contributed by atoms with E-state index in [1.165, 1.54) is 71.3 Å². The molecule has 7 aliphatic heterocycles. The summed E-state index contributed by atoms with van der Waals surface area (Å²) in [6, 6.07) is 56.5. The molecule has 0 aliphatic carbocycles. The molecule has 1 unspecified atom stereocenters. The number of hydrogen-bond donors (Lipinski definition) is 0. The van der Waals surface area contributed by atoms with Gasteiger partial charge in [-0.2, -0.15) is 0 Å². The van der Waals surface area contributed by atoms with Crippen LogP contribution in [0, 0.1) is 17.5 Å². The first-order chi connectivity index (χ1) is 57.0. The number of amides is 1. The number of sulfone groups is 2. The zero-order valence-corrected chi connectivity index (χ0v) is 68.8. The molecule has 7 aliphatic rings. The number of nitrogens with zero attached hydrogens (tertiary/aromatic N) is 7. The van der Waals surface area contributed by atoms with Gasteiger partial charge in [0.25, 0.3) is 5.91 Å². The van der Waals surface area contributed by atoms with E-state index in [1.807, 2.05) is 123 Å². The highest BCUT2D eigenvalue weighted by molar-refractivity contribution is 7.91. The van der Waals surface area contributed by atoms with Gasteiger partial charge in [-0.15, -0.1) is 0 Å². The number of benzene rings is 9. The van der Waals surface area contributed by atoms with Gasteiger partial charge < -0.3 is 37.3 Å². The number of halogens is 3. The number of ether oxygens (including phenoxy) is 3. The maximum atomic E-state index is 14.0. The number of Topliss-reactive ketones (excluding diaryl/α,β-unsaturated/α-hetero) is 1. The molecule has 606 valence electrons. The van der Waals surface area contributed by atoms with Crippen molar-refractivity contribution in [1.29, 1.82) is 0 Å². The van der Waals surface area contributed by atoms with Crippen molar-refractivity contribution in [3.05, 3.63) is 261 Å². The Labute approximate surface area is 684 Å². The van der Waals surface area contributed by atoms with Gasteiger partial charge in [-0.1, -0.05) is 48.5 Å². The van der Waals surface area contributed by atoms with E-state index in [-0.39, 0.29) is 72.2 Å². The summed E-state index contributed by atoms with van der Waals surface area (Å²) in [5.74, 6) is -0.290. The van der Waals surface area contributed by atoms with E-state index in [9.17, 15) is 44.2 Å². The summed E-state index contributed by atoms with van der Waals surface area (Å²) in [7, 11) is -9.13. The summed E-state index contributed by atoms with van der Waals surface area (Å²) in [5.41, 5.74) is 23.8. The first kappa shape index (κ1) is 80.0. The molecule has 10 heterocycles. The second-order valence-corrected chi connectivity index (χ2v) is 38.8. The van der Waals surface area contributed by atoms with Crippen molar-refractivity contribution in [2.75, 3.05) is 84.3 Å². The molecule has 18 nitrogen and oxygen atoms in total. The average molecular weight is 1650 g/mol. The first-order valence-corrected chi connectivity index (χ1v) is 46.5. The van der Waals surface area contributed by atoms with Gasteiger partial charge in [0.2, 0.25) is 7.37 Å². The van der Waals surface area contributed by atoms with Crippen LogP contribution in [0.15, 0.2) is 197 Å². The zero-order valence-electron chi connectivity index (χ0n) is 66.2. The van der Waals surface area contributed by atoms with Gasteiger partial charge >= 0.3 is 0 Å². The maximum absolute atomic E-state index is 14.0. The lowest BCUT2D eigenvalue weighted by molar-refractivity contribution is 0.0659. The average Bonchev–Trinajstić information content (AvgIpc) is 1.58. The number of ketones is 1. The minimum absolute atomic E-state index is 0.00219. The van der Waals surface area contributed by atoms with E-state index in [0.717, 1.165) is 150 Å². The molecule has 24 heteroatoms. The fourth-order valence-corrected chi connectivity index (χ4v) is 20.7. The van der Waals surface area contributed by atoms with Crippen LogP contribution in [0.4, 0.5) is 13.2 Å².